The van der Waals surface area contributed by atoms with Crippen LogP contribution in [0.25, 0.3) is 0 Å². The first-order valence-electron chi connectivity index (χ1n) is 8.09. The Bertz CT molecular complexity index is 885. The fourth-order valence-electron chi connectivity index (χ4n) is 3.12. The maximum Gasteiger partial charge on any atom is 0.293 e. The number of anilines is 2. The van der Waals surface area contributed by atoms with Crippen LogP contribution in [-0.2, 0) is 0 Å². The van der Waals surface area contributed by atoms with Gasteiger partial charge < -0.3 is 9.80 Å². The van der Waals surface area contributed by atoms with E-state index < -0.39 is 10.8 Å². The third-order valence-corrected chi connectivity index (χ3v) is 5.16. The molecule has 0 radical (unpaired) electrons. The Balaban J connectivity index is 1.86. The van der Waals surface area contributed by atoms with Crippen molar-refractivity contribution in [3.8, 4) is 0 Å². The maximum absolute atomic E-state index is 12.0. The Morgan fingerprint density at radius 1 is 1.07 bits per heavy atom. The van der Waals surface area contributed by atoms with E-state index in [9.17, 15) is 14.9 Å². The molecule has 1 heterocycles. The Morgan fingerprint density at radius 2 is 1.74 bits per heavy atom. The van der Waals surface area contributed by atoms with Crippen LogP contribution in [-0.4, -0.2) is 42.2 Å². The van der Waals surface area contributed by atoms with Gasteiger partial charge in [0.05, 0.1) is 20.5 Å². The molecule has 3 rings (SSSR count). The molecular formula is C17H16Cl2N4O4. The molecule has 1 amide bonds. The number of amides is 1. The third kappa shape index (κ3) is 3.92. The van der Waals surface area contributed by atoms with Gasteiger partial charge in [-0.3, -0.25) is 20.1 Å². The van der Waals surface area contributed by atoms with Crippen LogP contribution in [0.4, 0.5) is 17.1 Å². The molecule has 2 aromatic rings. The standard InChI is InChI=1S/C17H16Cl2N4O4/c18-13-5-4-11(10-14(13)19)21-6-8-22(9-7-21)16-12(17(24)20-25)2-1-3-15(16)23(26)27/h1-5,10,25H,6-9H2,(H,20,24). The van der Waals surface area contributed by atoms with Crippen molar-refractivity contribution in [1.29, 1.82) is 0 Å². The molecule has 0 spiro atoms. The summed E-state index contributed by atoms with van der Waals surface area (Å²) in [6, 6.07) is 9.55. The van der Waals surface area contributed by atoms with Gasteiger partial charge in [-0.15, -0.1) is 0 Å². The number of carbonyl (C=O) groups is 1. The summed E-state index contributed by atoms with van der Waals surface area (Å²) in [6.45, 7) is 2.06. The zero-order valence-electron chi connectivity index (χ0n) is 14.1. The highest BCUT2D eigenvalue weighted by Crippen LogP contribution is 2.34. The van der Waals surface area contributed by atoms with Crippen molar-refractivity contribution in [3.63, 3.8) is 0 Å². The van der Waals surface area contributed by atoms with E-state index in [1.54, 1.807) is 22.5 Å². The minimum absolute atomic E-state index is 0.0506. The predicted molar refractivity (Wildman–Crippen MR) is 103 cm³/mol. The number of hydrogen-bond donors (Lipinski definition) is 2. The van der Waals surface area contributed by atoms with E-state index in [1.807, 2.05) is 6.07 Å². The predicted octanol–water partition coefficient (Wildman–Crippen LogP) is 3.35. The van der Waals surface area contributed by atoms with Crippen molar-refractivity contribution in [2.24, 2.45) is 0 Å². The number of hydrogen-bond acceptors (Lipinski definition) is 6. The Morgan fingerprint density at radius 3 is 2.33 bits per heavy atom. The first-order valence-corrected chi connectivity index (χ1v) is 8.84. The van der Waals surface area contributed by atoms with Gasteiger partial charge in [0.2, 0.25) is 0 Å². The summed E-state index contributed by atoms with van der Waals surface area (Å²) in [6.07, 6.45) is 0. The van der Waals surface area contributed by atoms with Gasteiger partial charge in [0, 0.05) is 37.9 Å². The van der Waals surface area contributed by atoms with Crippen LogP contribution in [0.5, 0.6) is 0 Å². The van der Waals surface area contributed by atoms with Gasteiger partial charge in [0.1, 0.15) is 5.69 Å². The van der Waals surface area contributed by atoms with Crippen molar-refractivity contribution < 1.29 is 14.9 Å². The van der Waals surface area contributed by atoms with Crippen LogP contribution in [0.1, 0.15) is 10.4 Å². The smallest absolute Gasteiger partial charge is 0.293 e. The zero-order chi connectivity index (χ0) is 19.6. The maximum atomic E-state index is 12.0. The second-order valence-electron chi connectivity index (χ2n) is 5.94. The minimum Gasteiger partial charge on any atom is -0.368 e. The van der Waals surface area contributed by atoms with Crippen molar-refractivity contribution in [2.45, 2.75) is 0 Å². The molecule has 27 heavy (non-hydrogen) atoms. The van der Waals surface area contributed by atoms with E-state index in [2.05, 4.69) is 4.90 Å². The summed E-state index contributed by atoms with van der Waals surface area (Å²) in [5, 5.41) is 21.3. The number of hydroxylamine groups is 1. The molecule has 0 bridgehead atoms. The monoisotopic (exact) mass is 410 g/mol. The molecule has 0 atom stereocenters. The number of nitro benzene ring substituents is 1. The van der Waals surface area contributed by atoms with Crippen LogP contribution in [0.15, 0.2) is 36.4 Å². The number of carbonyl (C=O) groups excluding carboxylic acids is 1. The highest BCUT2D eigenvalue weighted by Gasteiger charge is 2.29. The van der Waals surface area contributed by atoms with Gasteiger partial charge in [-0.2, -0.15) is 0 Å². The molecule has 0 aliphatic carbocycles. The molecule has 0 unspecified atom stereocenters. The number of nitrogens with zero attached hydrogens (tertiary/aromatic N) is 3. The zero-order valence-corrected chi connectivity index (χ0v) is 15.6. The van der Waals surface area contributed by atoms with Crippen molar-refractivity contribution in [1.82, 2.24) is 5.48 Å². The summed E-state index contributed by atoms with van der Waals surface area (Å²) >= 11 is 12.0. The average molecular weight is 411 g/mol. The Hall–Kier alpha value is -2.55. The molecule has 1 saturated heterocycles. The summed E-state index contributed by atoms with van der Waals surface area (Å²) in [7, 11) is 0. The quantitative estimate of drug-likeness (QED) is 0.455. The molecule has 2 N–H and O–H groups in total. The van der Waals surface area contributed by atoms with Crippen LogP contribution in [0, 0.1) is 10.1 Å². The van der Waals surface area contributed by atoms with E-state index in [0.29, 0.717) is 36.2 Å². The topological polar surface area (TPSA) is 98.9 Å². The fourth-order valence-corrected chi connectivity index (χ4v) is 3.42. The molecule has 10 heteroatoms. The molecule has 142 valence electrons. The number of piperazine rings is 1. The van der Waals surface area contributed by atoms with E-state index in [-0.39, 0.29) is 16.9 Å². The minimum atomic E-state index is -0.791. The Kier molecular flexibility index (Phi) is 5.69. The van der Waals surface area contributed by atoms with Crippen LogP contribution in [0.3, 0.4) is 0 Å². The first-order chi connectivity index (χ1) is 12.9. The highest BCUT2D eigenvalue weighted by atomic mass is 35.5. The normalized spacial score (nSPS) is 14.2. The van der Waals surface area contributed by atoms with Gasteiger partial charge in [-0.1, -0.05) is 29.3 Å². The van der Waals surface area contributed by atoms with Gasteiger partial charge in [0.25, 0.3) is 11.6 Å². The van der Waals surface area contributed by atoms with Crippen LogP contribution < -0.4 is 15.3 Å². The van der Waals surface area contributed by atoms with Crippen LogP contribution in [0.2, 0.25) is 10.0 Å². The molecule has 1 aliphatic heterocycles. The lowest BCUT2D eigenvalue weighted by Crippen LogP contribution is -2.47. The average Bonchev–Trinajstić information content (AvgIpc) is 2.69. The number of nitrogens with one attached hydrogen (secondary N) is 1. The third-order valence-electron chi connectivity index (χ3n) is 4.42. The lowest BCUT2D eigenvalue weighted by molar-refractivity contribution is -0.384. The summed E-state index contributed by atoms with van der Waals surface area (Å²) < 4.78 is 0. The lowest BCUT2D eigenvalue weighted by atomic mass is 10.1. The number of benzene rings is 2. The number of halogens is 2. The lowest BCUT2D eigenvalue weighted by Gasteiger charge is -2.37. The molecule has 8 nitrogen and oxygen atoms in total. The van der Waals surface area contributed by atoms with Gasteiger partial charge >= 0.3 is 0 Å². The summed E-state index contributed by atoms with van der Waals surface area (Å²) in [5.74, 6) is -0.791. The molecular weight excluding hydrogens is 395 g/mol. The van der Waals surface area contributed by atoms with E-state index in [0.717, 1.165) is 5.69 Å². The van der Waals surface area contributed by atoms with Gasteiger partial charge in [0.15, 0.2) is 0 Å². The van der Waals surface area contributed by atoms with E-state index in [4.69, 9.17) is 28.4 Å². The van der Waals surface area contributed by atoms with E-state index >= 15 is 0 Å². The van der Waals surface area contributed by atoms with Crippen LogP contribution >= 0.6 is 23.2 Å². The van der Waals surface area contributed by atoms with Gasteiger partial charge in [-0.25, -0.2) is 5.48 Å². The van der Waals surface area contributed by atoms with E-state index in [1.165, 1.54) is 18.2 Å². The second kappa shape index (κ2) is 7.99. The second-order valence-corrected chi connectivity index (χ2v) is 6.76. The summed E-state index contributed by atoms with van der Waals surface area (Å²) in [5.41, 5.74) is 2.52. The number of para-hydroxylation sites is 1. The summed E-state index contributed by atoms with van der Waals surface area (Å²) in [4.78, 5) is 26.7. The van der Waals surface area contributed by atoms with Gasteiger partial charge in [-0.05, 0) is 24.3 Å². The Labute approximate surface area is 165 Å². The first kappa shape index (κ1) is 19.2. The largest absolute Gasteiger partial charge is 0.368 e. The number of nitro groups is 1. The van der Waals surface area contributed by atoms with Crippen molar-refractivity contribution in [2.75, 3.05) is 36.0 Å². The SMILES string of the molecule is O=C(NO)c1cccc([N+](=O)[O-])c1N1CCN(c2ccc(Cl)c(Cl)c2)CC1. The van der Waals surface area contributed by atoms with Crippen molar-refractivity contribution in [3.05, 3.63) is 62.1 Å². The molecule has 0 aromatic heterocycles. The highest BCUT2D eigenvalue weighted by molar-refractivity contribution is 6.42. The molecule has 0 saturated carbocycles. The molecule has 1 fully saturated rings. The molecule has 1 aliphatic rings. The number of rotatable bonds is 4. The van der Waals surface area contributed by atoms with Crippen molar-refractivity contribution >= 4 is 46.2 Å². The molecule has 2 aromatic carbocycles. The fraction of sp³-hybridized carbons (Fsp3) is 0.235.